The van der Waals surface area contributed by atoms with Crippen molar-refractivity contribution in [3.8, 4) is 17.2 Å². The zero-order chi connectivity index (χ0) is 11.3. The van der Waals surface area contributed by atoms with Crippen LogP contribution in [0, 0.1) is 6.92 Å². The number of halogens is 1. The Kier molecular flexibility index (Phi) is 4.75. The van der Waals surface area contributed by atoms with Crippen LogP contribution in [0.3, 0.4) is 0 Å². The number of rotatable bonds is 5. The fourth-order valence-corrected chi connectivity index (χ4v) is 1.46. The summed E-state index contributed by atoms with van der Waals surface area (Å²) in [4.78, 5) is 0. The van der Waals surface area contributed by atoms with Crippen molar-refractivity contribution >= 4 is 15.9 Å². The van der Waals surface area contributed by atoms with E-state index in [0.29, 0.717) is 23.9 Å². The topological polar surface area (TPSA) is 27.7 Å². The van der Waals surface area contributed by atoms with Gasteiger partial charge in [-0.25, -0.2) is 0 Å². The van der Waals surface area contributed by atoms with E-state index in [1.54, 1.807) is 14.2 Å². The van der Waals surface area contributed by atoms with Crippen LogP contribution in [0.4, 0.5) is 0 Å². The first-order valence-corrected chi connectivity index (χ1v) is 5.76. The van der Waals surface area contributed by atoms with E-state index in [-0.39, 0.29) is 0 Å². The largest absolute Gasteiger partial charge is 0.493 e. The minimum absolute atomic E-state index is 0.579. The molecule has 1 aromatic rings. The molecule has 0 atom stereocenters. The molecule has 1 rings (SSSR count). The van der Waals surface area contributed by atoms with Gasteiger partial charge in [0.1, 0.15) is 0 Å². The Morgan fingerprint density at radius 1 is 1.13 bits per heavy atom. The first-order chi connectivity index (χ1) is 7.22. The summed E-state index contributed by atoms with van der Waals surface area (Å²) in [5.74, 6) is 2.06. The second kappa shape index (κ2) is 5.85. The Bertz CT molecular complexity index is 301. The van der Waals surface area contributed by atoms with Crippen LogP contribution in [0.5, 0.6) is 17.2 Å². The molecule has 0 amide bonds. The average Bonchev–Trinajstić information content (AvgIpc) is 2.26. The van der Waals surface area contributed by atoms with Crippen molar-refractivity contribution in [2.75, 3.05) is 26.2 Å². The first-order valence-electron chi connectivity index (χ1n) is 4.64. The lowest BCUT2D eigenvalue weighted by Gasteiger charge is -2.14. The van der Waals surface area contributed by atoms with E-state index in [2.05, 4.69) is 15.9 Å². The van der Waals surface area contributed by atoms with E-state index in [0.717, 1.165) is 10.9 Å². The Balaban J connectivity index is 3.06. The van der Waals surface area contributed by atoms with Gasteiger partial charge in [-0.1, -0.05) is 15.9 Å². The van der Waals surface area contributed by atoms with Gasteiger partial charge in [0.05, 0.1) is 20.8 Å². The van der Waals surface area contributed by atoms with Crippen LogP contribution in [0.25, 0.3) is 0 Å². The lowest BCUT2D eigenvalue weighted by molar-refractivity contribution is 0.291. The third-order valence-corrected chi connectivity index (χ3v) is 2.25. The molecule has 0 fully saturated rings. The van der Waals surface area contributed by atoms with Crippen LogP contribution >= 0.6 is 15.9 Å². The molecule has 0 aliphatic heterocycles. The summed E-state index contributed by atoms with van der Waals surface area (Å²) >= 11 is 3.31. The highest BCUT2D eigenvalue weighted by atomic mass is 79.9. The third-order valence-electron chi connectivity index (χ3n) is 1.93. The van der Waals surface area contributed by atoms with E-state index in [1.807, 2.05) is 19.1 Å². The van der Waals surface area contributed by atoms with Crippen molar-refractivity contribution < 1.29 is 14.2 Å². The molecule has 0 heterocycles. The normalized spacial score (nSPS) is 9.87. The van der Waals surface area contributed by atoms with Crippen LogP contribution in [0.2, 0.25) is 0 Å². The molecule has 0 aliphatic rings. The number of methoxy groups -OCH3 is 2. The van der Waals surface area contributed by atoms with E-state index in [9.17, 15) is 0 Å². The molecule has 84 valence electrons. The van der Waals surface area contributed by atoms with E-state index >= 15 is 0 Å². The second-order valence-electron chi connectivity index (χ2n) is 3.04. The van der Waals surface area contributed by atoms with Gasteiger partial charge < -0.3 is 14.2 Å². The Morgan fingerprint density at radius 3 is 2.07 bits per heavy atom. The fourth-order valence-electron chi connectivity index (χ4n) is 1.29. The highest BCUT2D eigenvalue weighted by molar-refractivity contribution is 9.09. The van der Waals surface area contributed by atoms with E-state index in [4.69, 9.17) is 14.2 Å². The molecule has 15 heavy (non-hydrogen) atoms. The van der Waals surface area contributed by atoms with E-state index < -0.39 is 0 Å². The van der Waals surface area contributed by atoms with Gasteiger partial charge in [-0.05, 0) is 24.6 Å². The Labute approximate surface area is 98.5 Å². The fraction of sp³-hybridized carbons (Fsp3) is 0.455. The summed E-state index contributed by atoms with van der Waals surface area (Å²) in [6, 6.07) is 3.85. The van der Waals surface area contributed by atoms with E-state index in [1.165, 1.54) is 0 Å². The van der Waals surface area contributed by atoms with Crippen molar-refractivity contribution in [1.29, 1.82) is 0 Å². The zero-order valence-corrected chi connectivity index (χ0v) is 10.8. The van der Waals surface area contributed by atoms with Gasteiger partial charge in [0.2, 0.25) is 5.75 Å². The monoisotopic (exact) mass is 274 g/mol. The second-order valence-corrected chi connectivity index (χ2v) is 3.83. The summed E-state index contributed by atoms with van der Waals surface area (Å²) in [5, 5.41) is 0.771. The molecule has 3 nitrogen and oxygen atoms in total. The zero-order valence-electron chi connectivity index (χ0n) is 9.17. The number of hydrogen-bond acceptors (Lipinski definition) is 3. The quantitative estimate of drug-likeness (QED) is 0.773. The van der Waals surface area contributed by atoms with Gasteiger partial charge in [0.15, 0.2) is 11.5 Å². The van der Waals surface area contributed by atoms with Gasteiger partial charge in [-0.2, -0.15) is 0 Å². The summed E-state index contributed by atoms with van der Waals surface area (Å²) in [6.07, 6.45) is 0. The van der Waals surface area contributed by atoms with Crippen LogP contribution < -0.4 is 14.2 Å². The number of aryl methyl sites for hydroxylation is 1. The number of hydrogen-bond donors (Lipinski definition) is 0. The van der Waals surface area contributed by atoms with Gasteiger partial charge in [-0.3, -0.25) is 0 Å². The predicted octanol–water partition coefficient (Wildman–Crippen LogP) is 2.79. The van der Waals surface area contributed by atoms with Gasteiger partial charge in [0.25, 0.3) is 0 Å². The molecule has 0 spiro atoms. The number of benzene rings is 1. The first kappa shape index (κ1) is 12.2. The van der Waals surface area contributed by atoms with Crippen LogP contribution in [-0.4, -0.2) is 26.2 Å². The van der Waals surface area contributed by atoms with Crippen molar-refractivity contribution in [3.63, 3.8) is 0 Å². The van der Waals surface area contributed by atoms with Crippen molar-refractivity contribution in [2.24, 2.45) is 0 Å². The predicted molar refractivity (Wildman–Crippen MR) is 63.6 cm³/mol. The average molecular weight is 275 g/mol. The van der Waals surface area contributed by atoms with Crippen molar-refractivity contribution in [3.05, 3.63) is 17.7 Å². The van der Waals surface area contributed by atoms with Crippen LogP contribution in [-0.2, 0) is 0 Å². The van der Waals surface area contributed by atoms with Gasteiger partial charge in [0, 0.05) is 5.33 Å². The minimum atomic E-state index is 0.579. The number of ether oxygens (including phenoxy) is 3. The van der Waals surface area contributed by atoms with Crippen LogP contribution in [0.15, 0.2) is 12.1 Å². The standard InChI is InChI=1S/C11H15BrO3/c1-8-6-9(13-2)11(15-5-4-12)10(7-8)14-3/h6-7H,4-5H2,1-3H3. The molecule has 0 aromatic heterocycles. The minimum Gasteiger partial charge on any atom is -0.493 e. The number of alkyl halides is 1. The highest BCUT2D eigenvalue weighted by Gasteiger charge is 2.12. The Morgan fingerprint density at radius 2 is 1.67 bits per heavy atom. The van der Waals surface area contributed by atoms with Gasteiger partial charge in [-0.15, -0.1) is 0 Å². The molecule has 0 aliphatic carbocycles. The van der Waals surface area contributed by atoms with Crippen LogP contribution in [0.1, 0.15) is 5.56 Å². The third kappa shape index (κ3) is 3.02. The molecular formula is C11H15BrO3. The maximum Gasteiger partial charge on any atom is 0.203 e. The lowest BCUT2D eigenvalue weighted by atomic mass is 10.2. The van der Waals surface area contributed by atoms with Crippen molar-refractivity contribution in [1.82, 2.24) is 0 Å². The molecule has 0 radical (unpaired) electrons. The van der Waals surface area contributed by atoms with Gasteiger partial charge >= 0.3 is 0 Å². The SMILES string of the molecule is COc1cc(C)cc(OC)c1OCCBr. The molecule has 0 bridgehead atoms. The van der Waals surface area contributed by atoms with Crippen molar-refractivity contribution in [2.45, 2.75) is 6.92 Å². The molecule has 4 heteroatoms. The molecule has 0 saturated carbocycles. The highest BCUT2D eigenvalue weighted by Crippen LogP contribution is 2.38. The molecule has 1 aromatic carbocycles. The smallest absolute Gasteiger partial charge is 0.203 e. The molecular weight excluding hydrogens is 260 g/mol. The summed E-state index contributed by atoms with van der Waals surface area (Å²) in [7, 11) is 3.24. The molecule has 0 unspecified atom stereocenters. The lowest BCUT2D eigenvalue weighted by Crippen LogP contribution is -2.02. The maximum atomic E-state index is 5.56. The summed E-state index contributed by atoms with van der Waals surface area (Å²) in [6.45, 7) is 2.56. The molecule has 0 saturated heterocycles. The summed E-state index contributed by atoms with van der Waals surface area (Å²) in [5.41, 5.74) is 1.08. The molecule has 0 N–H and O–H groups in total. The Hall–Kier alpha value is -0.900. The maximum absolute atomic E-state index is 5.56. The summed E-state index contributed by atoms with van der Waals surface area (Å²) < 4.78 is 16.0.